The number of hydrogen-bond donors (Lipinski definition) is 1. The molecule has 0 aliphatic heterocycles. The van der Waals surface area contributed by atoms with E-state index in [-0.39, 0.29) is 0 Å². The van der Waals surface area contributed by atoms with Gasteiger partial charge in [-0.3, -0.25) is 0 Å². The first-order chi connectivity index (χ1) is 7.25. The first kappa shape index (κ1) is 9.80. The highest BCUT2D eigenvalue weighted by atomic mass is 35.5. The first-order valence-corrected chi connectivity index (χ1v) is 4.77. The predicted octanol–water partition coefficient (Wildman–Crippen LogP) is 3.11. The third-order valence-corrected chi connectivity index (χ3v) is 2.06. The summed E-state index contributed by atoms with van der Waals surface area (Å²) >= 11 is 5.83. The second kappa shape index (κ2) is 4.19. The van der Waals surface area contributed by atoms with Gasteiger partial charge in [-0.15, -0.1) is 0 Å². The van der Waals surface area contributed by atoms with Crippen molar-refractivity contribution in [2.75, 3.05) is 5.73 Å². The molecule has 0 aliphatic rings. The fourth-order valence-electron chi connectivity index (χ4n) is 1.12. The zero-order valence-electron chi connectivity index (χ0n) is 7.85. The van der Waals surface area contributed by atoms with Gasteiger partial charge in [0.1, 0.15) is 0 Å². The molecule has 1 aromatic heterocycles. The molecular formula is C11H9ClN2O. The highest BCUT2D eigenvalue weighted by Gasteiger charge is 2.03. The van der Waals surface area contributed by atoms with Gasteiger partial charge in [0.25, 0.3) is 0 Å². The van der Waals surface area contributed by atoms with Gasteiger partial charge in [0.15, 0.2) is 5.75 Å². The van der Waals surface area contributed by atoms with Crippen LogP contribution in [-0.2, 0) is 0 Å². The number of benzene rings is 1. The molecule has 0 aliphatic carbocycles. The summed E-state index contributed by atoms with van der Waals surface area (Å²) in [6.07, 6.45) is 1.65. The Morgan fingerprint density at radius 1 is 1.20 bits per heavy atom. The third kappa shape index (κ3) is 2.39. The van der Waals surface area contributed by atoms with Crippen LogP contribution >= 0.6 is 11.6 Å². The molecule has 4 heteroatoms. The quantitative estimate of drug-likeness (QED) is 0.792. The summed E-state index contributed by atoms with van der Waals surface area (Å²) in [4.78, 5) is 4.02. The third-order valence-electron chi connectivity index (χ3n) is 1.83. The molecule has 0 saturated carbocycles. The zero-order valence-corrected chi connectivity index (χ0v) is 8.61. The number of nitrogen functional groups attached to an aromatic ring is 1. The summed E-state index contributed by atoms with van der Waals surface area (Å²) in [5.41, 5.74) is 6.26. The van der Waals surface area contributed by atoms with E-state index in [0.29, 0.717) is 22.3 Å². The van der Waals surface area contributed by atoms with E-state index in [9.17, 15) is 0 Å². The van der Waals surface area contributed by atoms with Gasteiger partial charge in [-0.05, 0) is 18.2 Å². The predicted molar refractivity (Wildman–Crippen MR) is 60.2 cm³/mol. The van der Waals surface area contributed by atoms with Crippen LogP contribution in [0.4, 0.5) is 5.69 Å². The normalized spacial score (nSPS) is 9.93. The number of aromatic nitrogens is 1. The largest absolute Gasteiger partial charge is 0.437 e. The highest BCUT2D eigenvalue weighted by Crippen LogP contribution is 2.28. The van der Waals surface area contributed by atoms with Crippen LogP contribution in [0, 0.1) is 0 Å². The summed E-state index contributed by atoms with van der Waals surface area (Å²) in [6, 6.07) is 10.5. The van der Waals surface area contributed by atoms with Gasteiger partial charge >= 0.3 is 0 Å². The topological polar surface area (TPSA) is 48.1 Å². The molecule has 0 amide bonds. The fourth-order valence-corrected chi connectivity index (χ4v) is 1.28. The lowest BCUT2D eigenvalue weighted by molar-refractivity contribution is 0.465. The van der Waals surface area contributed by atoms with Gasteiger partial charge in [0.2, 0.25) is 5.88 Å². The summed E-state index contributed by atoms with van der Waals surface area (Å²) in [5, 5.41) is 0.579. The van der Waals surface area contributed by atoms with E-state index in [1.54, 1.807) is 30.5 Å². The van der Waals surface area contributed by atoms with Crippen LogP contribution in [0.2, 0.25) is 5.02 Å². The second-order valence-corrected chi connectivity index (χ2v) is 3.39. The van der Waals surface area contributed by atoms with E-state index in [0.717, 1.165) is 0 Å². The Kier molecular flexibility index (Phi) is 2.74. The Bertz CT molecular complexity index is 459. The Morgan fingerprint density at radius 3 is 2.80 bits per heavy atom. The Hall–Kier alpha value is -1.74. The van der Waals surface area contributed by atoms with Crippen molar-refractivity contribution in [2.45, 2.75) is 0 Å². The standard InChI is InChI=1S/C11H9ClN2O/c12-8-4-5-9(13)10(7-8)15-11-3-1-2-6-14-11/h1-7H,13H2. The number of hydrogen-bond acceptors (Lipinski definition) is 3. The summed E-state index contributed by atoms with van der Waals surface area (Å²) in [7, 11) is 0. The Labute approximate surface area is 92.5 Å². The van der Waals surface area contributed by atoms with Crippen LogP contribution in [0.5, 0.6) is 11.6 Å². The Balaban J connectivity index is 2.28. The van der Waals surface area contributed by atoms with E-state index in [2.05, 4.69) is 4.98 Å². The lowest BCUT2D eigenvalue weighted by Crippen LogP contribution is -1.92. The number of anilines is 1. The lowest BCUT2D eigenvalue weighted by Gasteiger charge is -2.07. The molecule has 76 valence electrons. The number of ether oxygens (including phenoxy) is 1. The second-order valence-electron chi connectivity index (χ2n) is 2.95. The van der Waals surface area contributed by atoms with Crippen LogP contribution < -0.4 is 10.5 Å². The molecule has 0 atom stereocenters. The van der Waals surface area contributed by atoms with Crippen LogP contribution in [-0.4, -0.2) is 4.98 Å². The molecule has 0 unspecified atom stereocenters. The van der Waals surface area contributed by atoms with Crippen LogP contribution in [0.1, 0.15) is 0 Å². The SMILES string of the molecule is Nc1ccc(Cl)cc1Oc1ccccn1. The minimum atomic E-state index is 0.492. The van der Waals surface area contributed by atoms with Gasteiger partial charge < -0.3 is 10.5 Å². The molecular weight excluding hydrogens is 212 g/mol. The van der Waals surface area contributed by atoms with E-state index >= 15 is 0 Å². The molecule has 2 N–H and O–H groups in total. The average Bonchev–Trinajstić information content (AvgIpc) is 2.25. The van der Waals surface area contributed by atoms with E-state index in [1.165, 1.54) is 0 Å². The molecule has 0 saturated heterocycles. The average molecular weight is 221 g/mol. The molecule has 0 spiro atoms. The molecule has 1 aromatic carbocycles. The highest BCUT2D eigenvalue weighted by molar-refractivity contribution is 6.30. The van der Waals surface area contributed by atoms with Gasteiger partial charge in [-0.2, -0.15) is 0 Å². The van der Waals surface area contributed by atoms with Crippen LogP contribution in [0.15, 0.2) is 42.6 Å². The summed E-state index contributed by atoms with van der Waals surface area (Å²) < 4.78 is 5.47. The van der Waals surface area contributed by atoms with Crippen molar-refractivity contribution in [1.82, 2.24) is 4.98 Å². The van der Waals surface area contributed by atoms with Crippen molar-refractivity contribution in [3.05, 3.63) is 47.6 Å². The molecule has 2 rings (SSSR count). The summed E-state index contributed by atoms with van der Waals surface area (Å²) in [6.45, 7) is 0. The van der Waals surface area contributed by atoms with Gasteiger partial charge in [0, 0.05) is 23.4 Å². The number of halogens is 1. The fraction of sp³-hybridized carbons (Fsp3) is 0. The number of nitrogens with two attached hydrogens (primary N) is 1. The minimum Gasteiger partial charge on any atom is -0.437 e. The number of nitrogens with zero attached hydrogens (tertiary/aromatic N) is 1. The van der Waals surface area contributed by atoms with Crippen molar-refractivity contribution in [2.24, 2.45) is 0 Å². The molecule has 0 bridgehead atoms. The molecule has 0 fully saturated rings. The van der Waals surface area contributed by atoms with E-state index in [4.69, 9.17) is 22.1 Å². The first-order valence-electron chi connectivity index (χ1n) is 4.39. The summed E-state index contributed by atoms with van der Waals surface area (Å²) in [5.74, 6) is 1.01. The molecule has 0 radical (unpaired) electrons. The maximum atomic E-state index is 5.83. The van der Waals surface area contributed by atoms with Gasteiger partial charge in [0.05, 0.1) is 5.69 Å². The van der Waals surface area contributed by atoms with Crippen molar-refractivity contribution in [3.63, 3.8) is 0 Å². The molecule has 2 aromatic rings. The van der Waals surface area contributed by atoms with Gasteiger partial charge in [-0.1, -0.05) is 17.7 Å². The number of pyridine rings is 1. The van der Waals surface area contributed by atoms with Crippen LogP contribution in [0.25, 0.3) is 0 Å². The van der Waals surface area contributed by atoms with Crippen molar-refractivity contribution in [3.8, 4) is 11.6 Å². The smallest absolute Gasteiger partial charge is 0.219 e. The number of rotatable bonds is 2. The minimum absolute atomic E-state index is 0.492. The molecule has 3 nitrogen and oxygen atoms in total. The van der Waals surface area contributed by atoms with Crippen molar-refractivity contribution in [1.29, 1.82) is 0 Å². The zero-order chi connectivity index (χ0) is 10.7. The molecule has 1 heterocycles. The van der Waals surface area contributed by atoms with Crippen LogP contribution in [0.3, 0.4) is 0 Å². The maximum absolute atomic E-state index is 5.83. The van der Waals surface area contributed by atoms with E-state index in [1.807, 2.05) is 12.1 Å². The maximum Gasteiger partial charge on any atom is 0.219 e. The van der Waals surface area contributed by atoms with Crippen molar-refractivity contribution < 1.29 is 4.74 Å². The Morgan fingerprint density at radius 2 is 2.07 bits per heavy atom. The monoisotopic (exact) mass is 220 g/mol. The van der Waals surface area contributed by atoms with E-state index < -0.39 is 0 Å². The van der Waals surface area contributed by atoms with Crippen molar-refractivity contribution >= 4 is 17.3 Å². The van der Waals surface area contributed by atoms with Gasteiger partial charge in [-0.25, -0.2) is 4.98 Å². The lowest BCUT2D eigenvalue weighted by atomic mass is 10.3. The molecule has 15 heavy (non-hydrogen) atoms.